The second-order valence-electron chi connectivity index (χ2n) is 4.20. The molecule has 90 valence electrons. The highest BCUT2D eigenvalue weighted by molar-refractivity contribution is 6.35. The summed E-state index contributed by atoms with van der Waals surface area (Å²) in [6.45, 7) is 7.22. The molecule has 2 heterocycles. The molecule has 0 aromatic carbocycles. The van der Waals surface area contributed by atoms with Crippen LogP contribution in [0.4, 0.5) is 0 Å². The van der Waals surface area contributed by atoms with E-state index < -0.39 is 11.8 Å². The normalized spacial score (nSPS) is 19.2. The van der Waals surface area contributed by atoms with Crippen molar-refractivity contribution < 1.29 is 9.59 Å². The van der Waals surface area contributed by atoms with Gasteiger partial charge in [0.1, 0.15) is 0 Å². The molecule has 2 N–H and O–H groups in total. The standard InChI is InChI=1S/C10H18N4O2/c15-9(11-1-3-13-5-6-13)10(16)12-2-4-14-7-8-14/h1-8H2,(H,11,15)(H,12,16). The molecular weight excluding hydrogens is 208 g/mol. The maximum absolute atomic E-state index is 11.3. The van der Waals surface area contributed by atoms with Crippen molar-refractivity contribution in [3.63, 3.8) is 0 Å². The van der Waals surface area contributed by atoms with E-state index in [1.807, 2.05) is 0 Å². The molecule has 0 saturated carbocycles. The lowest BCUT2D eigenvalue weighted by molar-refractivity contribution is -0.139. The summed E-state index contributed by atoms with van der Waals surface area (Å²) in [6.07, 6.45) is 0. The third-order valence-corrected chi connectivity index (χ3v) is 2.71. The van der Waals surface area contributed by atoms with E-state index in [4.69, 9.17) is 0 Å². The minimum Gasteiger partial charge on any atom is -0.347 e. The lowest BCUT2D eigenvalue weighted by Crippen LogP contribution is -2.42. The van der Waals surface area contributed by atoms with Crippen LogP contribution in [0, 0.1) is 0 Å². The van der Waals surface area contributed by atoms with E-state index in [2.05, 4.69) is 20.4 Å². The number of carbonyl (C=O) groups excluding carboxylic acids is 2. The first-order valence-electron chi connectivity index (χ1n) is 5.76. The van der Waals surface area contributed by atoms with Gasteiger partial charge in [0.25, 0.3) is 0 Å². The molecule has 16 heavy (non-hydrogen) atoms. The maximum Gasteiger partial charge on any atom is 0.309 e. The molecule has 2 fully saturated rings. The molecule has 0 bridgehead atoms. The zero-order valence-corrected chi connectivity index (χ0v) is 9.37. The van der Waals surface area contributed by atoms with Gasteiger partial charge in [0.2, 0.25) is 0 Å². The number of hydrogen-bond acceptors (Lipinski definition) is 4. The number of nitrogens with zero attached hydrogens (tertiary/aromatic N) is 2. The molecule has 0 aromatic heterocycles. The highest BCUT2D eigenvalue weighted by Gasteiger charge is 2.19. The monoisotopic (exact) mass is 226 g/mol. The van der Waals surface area contributed by atoms with Crippen molar-refractivity contribution in [2.24, 2.45) is 0 Å². The van der Waals surface area contributed by atoms with Gasteiger partial charge < -0.3 is 10.6 Å². The Bertz CT molecular complexity index is 246. The Balaban J connectivity index is 1.49. The van der Waals surface area contributed by atoms with Crippen molar-refractivity contribution in [1.82, 2.24) is 20.4 Å². The summed E-state index contributed by atoms with van der Waals surface area (Å²) in [5.41, 5.74) is 0. The molecule has 2 amide bonds. The van der Waals surface area contributed by atoms with Gasteiger partial charge in [-0.2, -0.15) is 0 Å². The first-order valence-corrected chi connectivity index (χ1v) is 5.76. The second kappa shape index (κ2) is 5.27. The van der Waals surface area contributed by atoms with Gasteiger partial charge in [0.15, 0.2) is 0 Å². The van der Waals surface area contributed by atoms with Gasteiger partial charge >= 0.3 is 11.8 Å². The zero-order valence-electron chi connectivity index (χ0n) is 9.37. The van der Waals surface area contributed by atoms with Crippen molar-refractivity contribution in [1.29, 1.82) is 0 Å². The van der Waals surface area contributed by atoms with Gasteiger partial charge in [-0.3, -0.25) is 19.4 Å². The smallest absolute Gasteiger partial charge is 0.309 e. The topological polar surface area (TPSA) is 64.2 Å². The Kier molecular flexibility index (Phi) is 3.74. The summed E-state index contributed by atoms with van der Waals surface area (Å²) in [6, 6.07) is 0. The summed E-state index contributed by atoms with van der Waals surface area (Å²) in [5.74, 6) is -1.04. The summed E-state index contributed by atoms with van der Waals surface area (Å²) < 4.78 is 0. The Hall–Kier alpha value is -1.14. The van der Waals surface area contributed by atoms with Gasteiger partial charge in [-0.1, -0.05) is 0 Å². The molecule has 0 radical (unpaired) electrons. The molecule has 6 heteroatoms. The summed E-state index contributed by atoms with van der Waals surface area (Å²) in [4.78, 5) is 26.9. The lowest BCUT2D eigenvalue weighted by Gasteiger charge is -2.06. The van der Waals surface area contributed by atoms with E-state index in [9.17, 15) is 9.59 Å². The summed E-state index contributed by atoms with van der Waals surface area (Å²) in [5, 5.41) is 5.20. The zero-order chi connectivity index (χ0) is 11.4. The van der Waals surface area contributed by atoms with Crippen molar-refractivity contribution in [3.05, 3.63) is 0 Å². The highest BCUT2D eigenvalue weighted by atomic mass is 16.2. The molecule has 0 spiro atoms. The van der Waals surface area contributed by atoms with Crippen LogP contribution < -0.4 is 10.6 Å². The summed E-state index contributed by atoms with van der Waals surface area (Å²) >= 11 is 0. The first-order chi connectivity index (χ1) is 7.75. The second-order valence-corrected chi connectivity index (χ2v) is 4.20. The predicted molar refractivity (Wildman–Crippen MR) is 58.9 cm³/mol. The van der Waals surface area contributed by atoms with Crippen LogP contribution >= 0.6 is 0 Å². The molecule has 2 saturated heterocycles. The molecule has 6 nitrogen and oxygen atoms in total. The van der Waals surface area contributed by atoms with Gasteiger partial charge in [-0.15, -0.1) is 0 Å². The van der Waals surface area contributed by atoms with Crippen molar-refractivity contribution in [2.45, 2.75) is 0 Å². The Labute approximate surface area is 95.0 Å². The van der Waals surface area contributed by atoms with Gasteiger partial charge in [-0.25, -0.2) is 0 Å². The highest BCUT2D eigenvalue weighted by Crippen LogP contribution is 2.00. The summed E-state index contributed by atoms with van der Waals surface area (Å²) in [7, 11) is 0. The quantitative estimate of drug-likeness (QED) is 0.400. The number of rotatable bonds is 6. The Morgan fingerprint density at radius 3 is 1.50 bits per heavy atom. The minimum absolute atomic E-state index is 0.521. The molecule has 2 aliphatic heterocycles. The van der Waals surface area contributed by atoms with E-state index in [0.29, 0.717) is 13.1 Å². The van der Waals surface area contributed by atoms with E-state index in [0.717, 1.165) is 39.3 Å². The van der Waals surface area contributed by atoms with Crippen molar-refractivity contribution >= 4 is 11.8 Å². The number of nitrogens with one attached hydrogen (secondary N) is 2. The van der Waals surface area contributed by atoms with Gasteiger partial charge in [0.05, 0.1) is 0 Å². The molecule has 0 aliphatic carbocycles. The minimum atomic E-state index is -0.521. The fourth-order valence-electron chi connectivity index (χ4n) is 1.40. The molecule has 0 atom stereocenters. The average molecular weight is 226 g/mol. The third-order valence-electron chi connectivity index (χ3n) is 2.71. The number of hydrogen-bond donors (Lipinski definition) is 2. The van der Waals surface area contributed by atoms with Gasteiger partial charge in [-0.05, 0) is 0 Å². The van der Waals surface area contributed by atoms with Crippen molar-refractivity contribution in [2.75, 3.05) is 52.4 Å². The molecular formula is C10H18N4O2. The third kappa shape index (κ3) is 4.16. The lowest BCUT2D eigenvalue weighted by atomic mass is 10.5. The number of amides is 2. The van der Waals surface area contributed by atoms with Crippen LogP contribution in [0.2, 0.25) is 0 Å². The van der Waals surface area contributed by atoms with Crippen LogP contribution in [0.15, 0.2) is 0 Å². The Morgan fingerprint density at radius 2 is 1.19 bits per heavy atom. The average Bonchev–Trinajstić information content (AvgIpc) is 3.12. The van der Waals surface area contributed by atoms with Crippen LogP contribution in [0.25, 0.3) is 0 Å². The predicted octanol–water partition coefficient (Wildman–Crippen LogP) is -2.15. The van der Waals surface area contributed by atoms with Gasteiger partial charge in [0, 0.05) is 52.4 Å². The van der Waals surface area contributed by atoms with Crippen molar-refractivity contribution in [3.8, 4) is 0 Å². The molecule has 2 rings (SSSR count). The van der Waals surface area contributed by atoms with Crippen LogP contribution in [0.1, 0.15) is 0 Å². The van der Waals surface area contributed by atoms with Crippen LogP contribution in [0.5, 0.6) is 0 Å². The SMILES string of the molecule is O=C(NCCN1CC1)C(=O)NCCN1CC1. The maximum atomic E-state index is 11.3. The molecule has 0 aromatic rings. The van der Waals surface area contributed by atoms with E-state index in [1.165, 1.54) is 0 Å². The van der Waals surface area contributed by atoms with Crippen LogP contribution in [-0.2, 0) is 9.59 Å². The van der Waals surface area contributed by atoms with Crippen LogP contribution in [-0.4, -0.2) is 74.0 Å². The molecule has 0 unspecified atom stereocenters. The molecule has 2 aliphatic rings. The van der Waals surface area contributed by atoms with E-state index in [1.54, 1.807) is 0 Å². The first kappa shape index (κ1) is 11.3. The van der Waals surface area contributed by atoms with Crippen LogP contribution in [0.3, 0.4) is 0 Å². The van der Waals surface area contributed by atoms with E-state index >= 15 is 0 Å². The fourth-order valence-corrected chi connectivity index (χ4v) is 1.40. The Morgan fingerprint density at radius 1 is 0.812 bits per heavy atom. The number of carbonyl (C=O) groups is 2. The fraction of sp³-hybridized carbons (Fsp3) is 0.800. The largest absolute Gasteiger partial charge is 0.347 e. The van der Waals surface area contributed by atoms with E-state index in [-0.39, 0.29) is 0 Å².